The molecule has 0 aliphatic rings. The molecule has 0 atom stereocenters. The van der Waals surface area contributed by atoms with Crippen LogP contribution in [0.1, 0.15) is 18.9 Å². The summed E-state index contributed by atoms with van der Waals surface area (Å²) in [6, 6.07) is 4.77. The molecule has 0 unspecified atom stereocenters. The first-order valence-corrected chi connectivity index (χ1v) is 6.54. The summed E-state index contributed by atoms with van der Waals surface area (Å²) in [6.45, 7) is 4.15. The lowest BCUT2D eigenvalue weighted by atomic mass is 10.2. The molecule has 7 heteroatoms. The van der Waals surface area contributed by atoms with Gasteiger partial charge in [-0.05, 0) is 48.7 Å². The Labute approximate surface area is 121 Å². The largest absolute Gasteiger partial charge is 0.463 e. The van der Waals surface area contributed by atoms with Crippen molar-refractivity contribution in [2.75, 3.05) is 11.9 Å². The lowest BCUT2D eigenvalue weighted by Gasteiger charge is -2.08. The molecule has 1 aromatic heterocycles. The number of hydrogen-bond donors (Lipinski definition) is 1. The van der Waals surface area contributed by atoms with Crippen LogP contribution in [0.25, 0.3) is 0 Å². The van der Waals surface area contributed by atoms with Crippen LogP contribution in [0.2, 0.25) is 5.28 Å². The van der Waals surface area contributed by atoms with E-state index in [1.165, 1.54) is 6.07 Å². The second kappa shape index (κ2) is 6.47. The second-order valence-electron chi connectivity index (χ2n) is 4.15. The molecule has 2 rings (SSSR count). The zero-order valence-corrected chi connectivity index (χ0v) is 11.9. The highest BCUT2D eigenvalue weighted by molar-refractivity contribution is 6.28. The lowest BCUT2D eigenvalue weighted by molar-refractivity contribution is 0.292. The van der Waals surface area contributed by atoms with Crippen LogP contribution >= 0.6 is 11.6 Å². The number of hydrogen-bond acceptors (Lipinski definition) is 5. The summed E-state index contributed by atoms with van der Waals surface area (Å²) in [5.41, 5.74) is 1.19. The Morgan fingerprint density at radius 3 is 2.80 bits per heavy atom. The van der Waals surface area contributed by atoms with Gasteiger partial charge >= 0.3 is 6.01 Å². The quantitative estimate of drug-likeness (QED) is 0.915. The first-order valence-electron chi connectivity index (χ1n) is 6.16. The fourth-order valence-electron chi connectivity index (χ4n) is 1.50. The predicted octanol–water partition coefficient (Wildman–Crippen LogP) is 3.50. The number of nitrogens with zero attached hydrogens (tertiary/aromatic N) is 3. The zero-order valence-electron chi connectivity index (χ0n) is 11.2. The highest BCUT2D eigenvalue weighted by Crippen LogP contribution is 2.19. The molecule has 1 heterocycles. The summed E-state index contributed by atoms with van der Waals surface area (Å²) in [4.78, 5) is 11.9. The third-order valence-corrected chi connectivity index (χ3v) is 2.61. The molecule has 0 amide bonds. The van der Waals surface area contributed by atoms with Crippen molar-refractivity contribution >= 4 is 23.2 Å². The maximum atomic E-state index is 13.2. The van der Waals surface area contributed by atoms with E-state index in [9.17, 15) is 4.39 Å². The van der Waals surface area contributed by atoms with Gasteiger partial charge in [0, 0.05) is 5.69 Å². The molecule has 1 aromatic carbocycles. The van der Waals surface area contributed by atoms with E-state index in [1.807, 2.05) is 6.92 Å². The number of benzene rings is 1. The summed E-state index contributed by atoms with van der Waals surface area (Å²) in [5.74, 6) is -0.0155. The number of aromatic nitrogens is 3. The Hall–Kier alpha value is -1.95. The lowest BCUT2D eigenvalue weighted by Crippen LogP contribution is -2.05. The van der Waals surface area contributed by atoms with E-state index in [0.29, 0.717) is 17.9 Å². The molecule has 0 aliphatic heterocycles. The first kappa shape index (κ1) is 14.5. The molecule has 0 fully saturated rings. The fraction of sp³-hybridized carbons (Fsp3) is 0.308. The summed E-state index contributed by atoms with van der Waals surface area (Å²) in [7, 11) is 0. The average molecular weight is 297 g/mol. The molecule has 0 radical (unpaired) electrons. The Kier molecular flexibility index (Phi) is 4.68. The number of ether oxygens (including phenoxy) is 1. The van der Waals surface area contributed by atoms with Crippen molar-refractivity contribution in [3.05, 3.63) is 34.9 Å². The molecular weight excluding hydrogens is 283 g/mol. The maximum absolute atomic E-state index is 13.2. The fourth-order valence-corrected chi connectivity index (χ4v) is 1.65. The highest BCUT2D eigenvalue weighted by atomic mass is 35.5. The van der Waals surface area contributed by atoms with Crippen molar-refractivity contribution in [2.24, 2.45) is 0 Å². The van der Waals surface area contributed by atoms with Gasteiger partial charge in [0.05, 0.1) is 6.61 Å². The van der Waals surface area contributed by atoms with Crippen LogP contribution < -0.4 is 10.1 Å². The molecular formula is C13H14ClFN4O. The number of halogens is 2. The minimum Gasteiger partial charge on any atom is -0.463 e. The number of aryl methyl sites for hydroxylation is 1. The van der Waals surface area contributed by atoms with E-state index in [2.05, 4.69) is 20.3 Å². The standard InChI is InChI=1S/C13H14ClFN4O/c1-3-6-20-13-18-11(14)17-12(19-13)16-9-4-5-10(15)8(2)7-9/h4-5,7H,3,6H2,1-2H3,(H,16,17,18,19). The normalized spacial score (nSPS) is 10.4. The van der Waals surface area contributed by atoms with Gasteiger partial charge in [0.15, 0.2) is 0 Å². The third-order valence-electron chi connectivity index (χ3n) is 2.44. The van der Waals surface area contributed by atoms with Crippen molar-refractivity contribution in [1.82, 2.24) is 15.0 Å². The van der Waals surface area contributed by atoms with Gasteiger partial charge in [0.1, 0.15) is 5.82 Å². The molecule has 1 N–H and O–H groups in total. The van der Waals surface area contributed by atoms with E-state index in [1.54, 1.807) is 19.1 Å². The molecule has 0 saturated carbocycles. The summed E-state index contributed by atoms with van der Waals surface area (Å²) >= 11 is 5.81. The summed E-state index contributed by atoms with van der Waals surface area (Å²) in [6.07, 6.45) is 0.837. The first-order chi connectivity index (χ1) is 9.58. The zero-order chi connectivity index (χ0) is 14.5. The molecule has 0 bridgehead atoms. The van der Waals surface area contributed by atoms with Gasteiger partial charge in [0.25, 0.3) is 0 Å². The summed E-state index contributed by atoms with van der Waals surface area (Å²) < 4.78 is 18.5. The highest BCUT2D eigenvalue weighted by Gasteiger charge is 2.07. The SMILES string of the molecule is CCCOc1nc(Cl)nc(Nc2ccc(F)c(C)c2)n1. The Bertz CT molecular complexity index is 609. The van der Waals surface area contributed by atoms with E-state index in [0.717, 1.165) is 6.42 Å². The number of rotatable bonds is 5. The van der Waals surface area contributed by atoms with Crippen LogP contribution in [0.15, 0.2) is 18.2 Å². The number of anilines is 2. The van der Waals surface area contributed by atoms with Gasteiger partial charge < -0.3 is 10.1 Å². The third kappa shape index (κ3) is 3.77. The topological polar surface area (TPSA) is 59.9 Å². The van der Waals surface area contributed by atoms with Gasteiger partial charge in [-0.1, -0.05) is 6.92 Å². The molecule has 2 aromatic rings. The molecule has 0 spiro atoms. The Morgan fingerprint density at radius 1 is 1.30 bits per heavy atom. The van der Waals surface area contributed by atoms with Gasteiger partial charge in [-0.15, -0.1) is 0 Å². The van der Waals surface area contributed by atoms with Gasteiger partial charge in [-0.2, -0.15) is 15.0 Å². The predicted molar refractivity (Wildman–Crippen MR) is 75.0 cm³/mol. The maximum Gasteiger partial charge on any atom is 0.322 e. The van der Waals surface area contributed by atoms with E-state index >= 15 is 0 Å². The van der Waals surface area contributed by atoms with Crippen LogP contribution in [0.5, 0.6) is 6.01 Å². The molecule has 5 nitrogen and oxygen atoms in total. The van der Waals surface area contributed by atoms with Crippen molar-refractivity contribution in [3.8, 4) is 6.01 Å². The van der Waals surface area contributed by atoms with Crippen molar-refractivity contribution in [3.63, 3.8) is 0 Å². The smallest absolute Gasteiger partial charge is 0.322 e. The van der Waals surface area contributed by atoms with E-state index in [-0.39, 0.29) is 23.1 Å². The molecule has 20 heavy (non-hydrogen) atoms. The van der Waals surface area contributed by atoms with Crippen LogP contribution in [0.4, 0.5) is 16.0 Å². The Balaban J connectivity index is 2.19. The van der Waals surface area contributed by atoms with Crippen LogP contribution in [0.3, 0.4) is 0 Å². The number of nitrogens with one attached hydrogen (secondary N) is 1. The molecule has 106 valence electrons. The average Bonchev–Trinajstić information content (AvgIpc) is 2.40. The van der Waals surface area contributed by atoms with E-state index in [4.69, 9.17) is 16.3 Å². The Morgan fingerprint density at radius 2 is 2.10 bits per heavy atom. The minimum absolute atomic E-state index is 0.0347. The van der Waals surface area contributed by atoms with E-state index < -0.39 is 0 Å². The second-order valence-corrected chi connectivity index (χ2v) is 4.49. The van der Waals surface area contributed by atoms with Gasteiger partial charge in [-0.25, -0.2) is 4.39 Å². The van der Waals surface area contributed by atoms with Gasteiger partial charge in [0.2, 0.25) is 11.2 Å². The van der Waals surface area contributed by atoms with Crippen molar-refractivity contribution in [2.45, 2.75) is 20.3 Å². The minimum atomic E-state index is -0.267. The molecule has 0 saturated heterocycles. The van der Waals surface area contributed by atoms with Gasteiger partial charge in [-0.3, -0.25) is 0 Å². The summed E-state index contributed by atoms with van der Waals surface area (Å²) in [5, 5.41) is 2.97. The van der Waals surface area contributed by atoms with Crippen LogP contribution in [0, 0.1) is 12.7 Å². The van der Waals surface area contributed by atoms with Crippen molar-refractivity contribution in [1.29, 1.82) is 0 Å². The van der Waals surface area contributed by atoms with Crippen LogP contribution in [-0.2, 0) is 0 Å². The van der Waals surface area contributed by atoms with Crippen LogP contribution in [-0.4, -0.2) is 21.6 Å². The molecule has 0 aliphatic carbocycles. The monoisotopic (exact) mass is 296 g/mol. The van der Waals surface area contributed by atoms with Crippen molar-refractivity contribution < 1.29 is 9.13 Å².